The largest absolute Gasteiger partial charge is 0.335 e. The van der Waals surface area contributed by atoms with Gasteiger partial charge in [0.25, 0.3) is 0 Å². The Morgan fingerprint density at radius 3 is 3.11 bits per heavy atom. The van der Waals surface area contributed by atoms with Crippen molar-refractivity contribution in [2.45, 2.75) is 25.4 Å². The third-order valence-corrected chi connectivity index (χ3v) is 3.53. The Morgan fingerprint density at radius 1 is 1.67 bits per heavy atom. The lowest BCUT2D eigenvalue weighted by molar-refractivity contribution is 0.206. The van der Waals surface area contributed by atoms with Gasteiger partial charge in [0, 0.05) is 19.6 Å². The van der Waals surface area contributed by atoms with Crippen molar-refractivity contribution in [1.82, 2.24) is 10.2 Å². The number of hydrogen-bond donors (Lipinski definition) is 2. The minimum atomic E-state index is -0.00158. The molecule has 0 unspecified atom stereocenters. The number of carbonyl (C=O) groups is 1. The molecule has 0 radical (unpaired) electrons. The fourth-order valence-electron chi connectivity index (χ4n) is 1.52. The molecule has 0 aliphatic heterocycles. The first-order valence-corrected chi connectivity index (χ1v) is 6.85. The molecule has 2 amide bonds. The quantitative estimate of drug-likeness (QED) is 0.809. The minimum absolute atomic E-state index is 0.00158. The summed E-state index contributed by atoms with van der Waals surface area (Å²) in [6, 6.07) is 2.40. The topological polar surface area (TPSA) is 58.4 Å². The fourth-order valence-corrected chi connectivity index (χ4v) is 2.29. The van der Waals surface area contributed by atoms with Crippen LogP contribution in [0.25, 0.3) is 0 Å². The number of amides is 2. The fraction of sp³-hybridized carbons (Fsp3) is 0.462. The smallest absolute Gasteiger partial charge is 0.317 e. The van der Waals surface area contributed by atoms with Gasteiger partial charge in [-0.15, -0.1) is 11.3 Å². The Balaban J connectivity index is 1.87. The molecule has 5 heteroatoms. The second kappa shape index (κ2) is 5.89. The molecule has 2 rings (SSSR count). The van der Waals surface area contributed by atoms with Crippen LogP contribution in [0.4, 0.5) is 4.79 Å². The molecule has 0 spiro atoms. The predicted molar refractivity (Wildman–Crippen MR) is 73.3 cm³/mol. The monoisotopic (exact) mass is 263 g/mol. The lowest BCUT2D eigenvalue weighted by Gasteiger charge is -2.16. The van der Waals surface area contributed by atoms with Crippen molar-refractivity contribution in [3.8, 4) is 11.8 Å². The second-order valence-corrected chi connectivity index (χ2v) is 5.32. The van der Waals surface area contributed by atoms with E-state index in [1.54, 1.807) is 23.3 Å². The van der Waals surface area contributed by atoms with Crippen molar-refractivity contribution >= 4 is 17.4 Å². The number of hydrogen-bond acceptors (Lipinski definition) is 3. The van der Waals surface area contributed by atoms with E-state index in [1.807, 2.05) is 11.4 Å². The van der Waals surface area contributed by atoms with Crippen molar-refractivity contribution in [3.05, 3.63) is 21.9 Å². The number of rotatable bonds is 3. The van der Waals surface area contributed by atoms with E-state index in [0.29, 0.717) is 19.1 Å². The molecule has 3 N–H and O–H groups in total. The lowest BCUT2D eigenvalue weighted by atomic mass is 10.3. The summed E-state index contributed by atoms with van der Waals surface area (Å²) in [5, 5.41) is 4.99. The zero-order chi connectivity index (χ0) is 13.0. The van der Waals surface area contributed by atoms with Gasteiger partial charge in [-0.25, -0.2) is 4.79 Å². The van der Waals surface area contributed by atoms with Crippen LogP contribution < -0.4 is 11.1 Å². The van der Waals surface area contributed by atoms with Gasteiger partial charge in [-0.3, -0.25) is 0 Å². The predicted octanol–water partition coefficient (Wildman–Crippen LogP) is 1.36. The zero-order valence-electron chi connectivity index (χ0n) is 10.4. The van der Waals surface area contributed by atoms with Gasteiger partial charge in [-0.2, -0.15) is 0 Å². The molecule has 1 aliphatic carbocycles. The number of nitrogens with two attached hydrogens (primary N) is 1. The Labute approximate surface area is 111 Å². The van der Waals surface area contributed by atoms with Gasteiger partial charge in [0.1, 0.15) is 0 Å². The SMILES string of the molecule is CN(Cc1csc(C#CCN)c1)C(=O)NC1CC1. The lowest BCUT2D eigenvalue weighted by Crippen LogP contribution is -2.37. The van der Waals surface area contributed by atoms with Gasteiger partial charge in [0.2, 0.25) is 0 Å². The number of thiophene rings is 1. The molecule has 1 aliphatic rings. The summed E-state index contributed by atoms with van der Waals surface area (Å²) in [7, 11) is 1.81. The van der Waals surface area contributed by atoms with E-state index in [2.05, 4.69) is 17.2 Å². The maximum absolute atomic E-state index is 11.8. The summed E-state index contributed by atoms with van der Waals surface area (Å²) < 4.78 is 0. The Morgan fingerprint density at radius 2 is 2.44 bits per heavy atom. The van der Waals surface area contributed by atoms with Crippen LogP contribution in [0.15, 0.2) is 11.4 Å². The molecule has 96 valence electrons. The van der Waals surface area contributed by atoms with Crippen LogP contribution in [0.3, 0.4) is 0 Å². The first kappa shape index (κ1) is 12.9. The standard InChI is InChI=1S/C13H17N3OS/c1-16(13(17)15-11-4-5-11)8-10-7-12(18-9-10)3-2-6-14/h7,9,11H,4-6,8,14H2,1H3,(H,15,17). The molecule has 0 aromatic carbocycles. The normalized spacial score (nSPS) is 13.7. The van der Waals surface area contributed by atoms with E-state index in [4.69, 9.17) is 5.73 Å². The highest BCUT2D eigenvalue weighted by molar-refractivity contribution is 7.10. The molecule has 1 heterocycles. The molecule has 18 heavy (non-hydrogen) atoms. The van der Waals surface area contributed by atoms with Crippen LogP contribution in [-0.2, 0) is 6.54 Å². The van der Waals surface area contributed by atoms with Gasteiger partial charge in [-0.1, -0.05) is 11.8 Å². The number of carbonyl (C=O) groups excluding carboxylic acids is 1. The Kier molecular flexibility index (Phi) is 4.24. The van der Waals surface area contributed by atoms with E-state index >= 15 is 0 Å². The van der Waals surface area contributed by atoms with E-state index in [1.165, 1.54) is 0 Å². The van der Waals surface area contributed by atoms with E-state index in [9.17, 15) is 4.79 Å². The van der Waals surface area contributed by atoms with E-state index < -0.39 is 0 Å². The van der Waals surface area contributed by atoms with Crippen LogP contribution in [0.1, 0.15) is 23.3 Å². The molecule has 0 saturated heterocycles. The first-order chi connectivity index (χ1) is 8.69. The van der Waals surface area contributed by atoms with Gasteiger partial charge in [-0.05, 0) is 29.9 Å². The summed E-state index contributed by atoms with van der Waals surface area (Å²) in [6.45, 7) is 0.982. The number of nitrogens with zero attached hydrogens (tertiary/aromatic N) is 1. The molecule has 1 saturated carbocycles. The summed E-state index contributed by atoms with van der Waals surface area (Å²) >= 11 is 1.58. The third kappa shape index (κ3) is 3.76. The van der Waals surface area contributed by atoms with Gasteiger partial charge >= 0.3 is 6.03 Å². The average molecular weight is 263 g/mol. The van der Waals surface area contributed by atoms with Crippen molar-refractivity contribution in [2.24, 2.45) is 5.73 Å². The van der Waals surface area contributed by atoms with Gasteiger partial charge < -0.3 is 16.0 Å². The molecular formula is C13H17N3OS. The van der Waals surface area contributed by atoms with Crippen LogP contribution in [-0.4, -0.2) is 30.6 Å². The third-order valence-electron chi connectivity index (χ3n) is 2.64. The number of urea groups is 1. The molecule has 4 nitrogen and oxygen atoms in total. The highest BCUT2D eigenvalue weighted by atomic mass is 32.1. The maximum Gasteiger partial charge on any atom is 0.317 e. The molecular weight excluding hydrogens is 246 g/mol. The van der Waals surface area contributed by atoms with Crippen molar-refractivity contribution in [3.63, 3.8) is 0 Å². The van der Waals surface area contributed by atoms with Crippen molar-refractivity contribution in [2.75, 3.05) is 13.6 Å². The van der Waals surface area contributed by atoms with Crippen LogP contribution >= 0.6 is 11.3 Å². The molecule has 0 bridgehead atoms. The van der Waals surface area contributed by atoms with Gasteiger partial charge in [0.15, 0.2) is 0 Å². The summed E-state index contributed by atoms with van der Waals surface area (Å²) in [6.07, 6.45) is 2.22. The second-order valence-electron chi connectivity index (χ2n) is 4.40. The summed E-state index contributed by atoms with van der Waals surface area (Å²) in [5.41, 5.74) is 6.43. The molecule has 1 aromatic rings. The van der Waals surface area contributed by atoms with Crippen molar-refractivity contribution in [1.29, 1.82) is 0 Å². The Hall–Kier alpha value is -1.51. The minimum Gasteiger partial charge on any atom is -0.335 e. The zero-order valence-corrected chi connectivity index (χ0v) is 11.2. The van der Waals surface area contributed by atoms with Crippen LogP contribution in [0.5, 0.6) is 0 Å². The maximum atomic E-state index is 11.8. The summed E-state index contributed by atoms with van der Waals surface area (Å²) in [4.78, 5) is 14.4. The van der Waals surface area contributed by atoms with Gasteiger partial charge in [0.05, 0.1) is 11.4 Å². The molecule has 0 atom stereocenters. The van der Waals surface area contributed by atoms with Crippen LogP contribution in [0.2, 0.25) is 0 Å². The van der Waals surface area contributed by atoms with E-state index in [-0.39, 0.29) is 6.03 Å². The first-order valence-electron chi connectivity index (χ1n) is 5.97. The van der Waals surface area contributed by atoms with E-state index in [0.717, 1.165) is 23.3 Å². The molecule has 1 aromatic heterocycles. The molecule has 1 fully saturated rings. The Bertz CT molecular complexity index is 482. The number of nitrogens with one attached hydrogen (secondary N) is 1. The average Bonchev–Trinajstić information content (AvgIpc) is 3.05. The highest BCUT2D eigenvalue weighted by Crippen LogP contribution is 2.19. The highest BCUT2D eigenvalue weighted by Gasteiger charge is 2.24. The van der Waals surface area contributed by atoms with Crippen molar-refractivity contribution < 1.29 is 4.79 Å². The van der Waals surface area contributed by atoms with Crippen LogP contribution in [0, 0.1) is 11.8 Å². The summed E-state index contributed by atoms with van der Waals surface area (Å²) in [5.74, 6) is 5.82.